The number of hydrogen-bond donors (Lipinski definition) is 1. The standard InChI is InChI=1S/C27H46O2/c1-17(2)7-6-8-18(3)21-9-10-22-25-23(12-14-27(21,22)5)26(4)13-11-20(28)15-19(26)16-24(25)29/h17-19,21-25,29H,6-16H2,1-5H3/t18-,19?,21-,22+,23+,24-,25+,26+,27-/m1/s1. The number of aliphatic hydroxyl groups is 1. The van der Waals surface area contributed by atoms with E-state index in [0.717, 1.165) is 43.4 Å². The van der Waals surface area contributed by atoms with Crippen molar-refractivity contribution in [1.82, 2.24) is 0 Å². The van der Waals surface area contributed by atoms with E-state index < -0.39 is 0 Å². The Morgan fingerprint density at radius 2 is 1.72 bits per heavy atom. The van der Waals surface area contributed by atoms with Gasteiger partial charge in [-0.3, -0.25) is 4.79 Å². The fourth-order valence-electron chi connectivity index (χ4n) is 9.04. The lowest BCUT2D eigenvalue weighted by molar-refractivity contribution is -0.168. The summed E-state index contributed by atoms with van der Waals surface area (Å²) in [6.07, 6.45) is 12.7. The lowest BCUT2D eigenvalue weighted by atomic mass is 9.44. The van der Waals surface area contributed by atoms with Crippen molar-refractivity contribution in [2.45, 2.75) is 111 Å². The minimum absolute atomic E-state index is 0.177. The summed E-state index contributed by atoms with van der Waals surface area (Å²) in [5, 5.41) is 11.3. The Morgan fingerprint density at radius 3 is 2.45 bits per heavy atom. The summed E-state index contributed by atoms with van der Waals surface area (Å²) in [6, 6.07) is 0. The Labute approximate surface area is 179 Å². The van der Waals surface area contributed by atoms with Gasteiger partial charge in [-0.1, -0.05) is 53.9 Å². The fourth-order valence-corrected chi connectivity index (χ4v) is 9.04. The Morgan fingerprint density at radius 1 is 1.00 bits per heavy atom. The maximum Gasteiger partial charge on any atom is 0.133 e. The molecule has 0 bridgehead atoms. The quantitative estimate of drug-likeness (QED) is 0.559. The molecule has 0 saturated heterocycles. The molecule has 0 amide bonds. The predicted molar refractivity (Wildman–Crippen MR) is 119 cm³/mol. The van der Waals surface area contributed by atoms with Gasteiger partial charge in [-0.05, 0) is 90.8 Å². The third-order valence-corrected chi connectivity index (χ3v) is 10.7. The van der Waals surface area contributed by atoms with Gasteiger partial charge in [0.2, 0.25) is 0 Å². The van der Waals surface area contributed by atoms with Crippen LogP contribution in [-0.4, -0.2) is 17.0 Å². The van der Waals surface area contributed by atoms with Crippen LogP contribution in [0.25, 0.3) is 0 Å². The molecule has 0 heterocycles. The van der Waals surface area contributed by atoms with Crippen LogP contribution in [0.15, 0.2) is 0 Å². The average Bonchev–Trinajstić information content (AvgIpc) is 3.00. The molecule has 1 N–H and O–H groups in total. The minimum Gasteiger partial charge on any atom is -0.393 e. The van der Waals surface area contributed by atoms with Gasteiger partial charge in [-0.2, -0.15) is 0 Å². The number of hydrogen-bond acceptors (Lipinski definition) is 2. The molecule has 0 aromatic rings. The van der Waals surface area contributed by atoms with E-state index in [2.05, 4.69) is 34.6 Å². The molecule has 0 radical (unpaired) electrons. The van der Waals surface area contributed by atoms with Crippen LogP contribution < -0.4 is 0 Å². The first-order chi connectivity index (χ1) is 13.7. The lowest BCUT2D eigenvalue weighted by Gasteiger charge is -2.62. The number of rotatable bonds is 5. The Kier molecular flexibility index (Phi) is 5.99. The molecular formula is C27H46O2. The van der Waals surface area contributed by atoms with Crippen molar-refractivity contribution in [2.24, 2.45) is 52.3 Å². The third kappa shape index (κ3) is 3.64. The van der Waals surface area contributed by atoms with Crippen molar-refractivity contribution in [3.63, 3.8) is 0 Å². The highest BCUT2D eigenvalue weighted by Gasteiger charge is 2.62. The van der Waals surface area contributed by atoms with Crippen LogP contribution >= 0.6 is 0 Å². The molecule has 4 fully saturated rings. The second-order valence-corrected chi connectivity index (χ2v) is 12.6. The van der Waals surface area contributed by atoms with E-state index in [4.69, 9.17) is 0 Å². The summed E-state index contributed by atoms with van der Waals surface area (Å²) in [7, 11) is 0. The van der Waals surface area contributed by atoms with Crippen LogP contribution in [0.2, 0.25) is 0 Å². The molecule has 0 aliphatic heterocycles. The van der Waals surface area contributed by atoms with Crippen LogP contribution in [0, 0.1) is 52.3 Å². The first-order valence-electron chi connectivity index (χ1n) is 12.9. The number of Topliss-reactive ketones (excluding diaryl/α,β-unsaturated/α-hetero) is 1. The summed E-state index contributed by atoms with van der Waals surface area (Å²) >= 11 is 0. The van der Waals surface area contributed by atoms with Gasteiger partial charge in [0.1, 0.15) is 5.78 Å². The van der Waals surface area contributed by atoms with E-state index in [1.165, 1.54) is 44.9 Å². The average molecular weight is 403 g/mol. The molecule has 4 aliphatic rings. The summed E-state index contributed by atoms with van der Waals surface area (Å²) in [6.45, 7) is 12.3. The summed E-state index contributed by atoms with van der Waals surface area (Å²) in [5.74, 6) is 5.16. The van der Waals surface area contributed by atoms with Gasteiger partial charge >= 0.3 is 0 Å². The molecule has 0 aromatic heterocycles. The third-order valence-electron chi connectivity index (χ3n) is 10.7. The molecule has 29 heavy (non-hydrogen) atoms. The van der Waals surface area contributed by atoms with E-state index in [1.807, 2.05) is 0 Å². The monoisotopic (exact) mass is 402 g/mol. The molecular weight excluding hydrogens is 356 g/mol. The van der Waals surface area contributed by atoms with Crippen molar-refractivity contribution < 1.29 is 9.90 Å². The Hall–Kier alpha value is -0.370. The van der Waals surface area contributed by atoms with Crippen molar-refractivity contribution in [1.29, 1.82) is 0 Å². The Bertz CT molecular complexity index is 612. The fraction of sp³-hybridized carbons (Fsp3) is 0.963. The number of carbonyl (C=O) groups excluding carboxylic acids is 1. The van der Waals surface area contributed by atoms with Gasteiger partial charge in [0.15, 0.2) is 0 Å². The molecule has 0 spiro atoms. The smallest absolute Gasteiger partial charge is 0.133 e. The van der Waals surface area contributed by atoms with E-state index in [9.17, 15) is 9.90 Å². The van der Waals surface area contributed by atoms with E-state index in [-0.39, 0.29) is 6.10 Å². The number of ketones is 1. The first kappa shape index (κ1) is 21.8. The summed E-state index contributed by atoms with van der Waals surface area (Å²) < 4.78 is 0. The maximum absolute atomic E-state index is 12.1. The van der Waals surface area contributed by atoms with Crippen LogP contribution in [0.1, 0.15) is 105 Å². The summed E-state index contributed by atoms with van der Waals surface area (Å²) in [5.41, 5.74) is 0.715. The van der Waals surface area contributed by atoms with Gasteiger partial charge in [-0.15, -0.1) is 0 Å². The zero-order valence-electron chi connectivity index (χ0n) is 19.8. The predicted octanol–water partition coefficient (Wildman–Crippen LogP) is 6.65. The number of fused-ring (bicyclic) bond motifs is 5. The normalized spacial score (nSPS) is 48.2. The Balaban J connectivity index is 1.51. The van der Waals surface area contributed by atoms with Crippen LogP contribution in [0.3, 0.4) is 0 Å². The van der Waals surface area contributed by atoms with E-state index in [1.54, 1.807) is 0 Å². The van der Waals surface area contributed by atoms with E-state index in [0.29, 0.717) is 40.3 Å². The van der Waals surface area contributed by atoms with Crippen molar-refractivity contribution in [3.8, 4) is 0 Å². The van der Waals surface area contributed by atoms with E-state index >= 15 is 0 Å². The molecule has 4 saturated carbocycles. The molecule has 4 aliphatic carbocycles. The van der Waals surface area contributed by atoms with Crippen molar-refractivity contribution in [3.05, 3.63) is 0 Å². The number of carbonyl (C=O) groups is 1. The topological polar surface area (TPSA) is 37.3 Å². The first-order valence-corrected chi connectivity index (χ1v) is 12.9. The van der Waals surface area contributed by atoms with Gasteiger partial charge in [-0.25, -0.2) is 0 Å². The van der Waals surface area contributed by atoms with Gasteiger partial charge < -0.3 is 5.11 Å². The van der Waals surface area contributed by atoms with Gasteiger partial charge in [0.05, 0.1) is 6.10 Å². The molecule has 1 unspecified atom stereocenters. The molecule has 9 atom stereocenters. The van der Waals surface area contributed by atoms with Crippen LogP contribution in [0.5, 0.6) is 0 Å². The second-order valence-electron chi connectivity index (χ2n) is 12.6. The minimum atomic E-state index is -0.177. The molecule has 2 nitrogen and oxygen atoms in total. The second kappa shape index (κ2) is 7.95. The van der Waals surface area contributed by atoms with Crippen molar-refractivity contribution >= 4 is 5.78 Å². The van der Waals surface area contributed by atoms with Crippen molar-refractivity contribution in [2.75, 3.05) is 0 Å². The van der Waals surface area contributed by atoms with Crippen LogP contribution in [-0.2, 0) is 4.79 Å². The number of aliphatic hydroxyl groups excluding tert-OH is 1. The molecule has 2 heteroatoms. The largest absolute Gasteiger partial charge is 0.393 e. The highest BCUT2D eigenvalue weighted by Crippen LogP contribution is 2.68. The highest BCUT2D eigenvalue weighted by molar-refractivity contribution is 5.79. The van der Waals surface area contributed by atoms with Gasteiger partial charge in [0.25, 0.3) is 0 Å². The van der Waals surface area contributed by atoms with Crippen LogP contribution in [0.4, 0.5) is 0 Å². The van der Waals surface area contributed by atoms with Gasteiger partial charge in [0, 0.05) is 12.8 Å². The zero-order valence-corrected chi connectivity index (χ0v) is 19.8. The highest BCUT2D eigenvalue weighted by atomic mass is 16.3. The molecule has 0 aromatic carbocycles. The summed E-state index contributed by atoms with van der Waals surface area (Å²) in [4.78, 5) is 12.1. The zero-order chi connectivity index (χ0) is 21.0. The molecule has 166 valence electrons. The maximum atomic E-state index is 12.1. The lowest BCUT2D eigenvalue weighted by Crippen LogP contribution is -2.58. The molecule has 4 rings (SSSR count). The SMILES string of the molecule is CC(C)CCC[C@@H](C)[C@H]1CC[C@H]2[C@@H]3[C@H](O)CC4CC(=O)CC[C@]4(C)[C@H]3CC[C@]12C.